The molecule has 1 atom stereocenters. The molecule has 0 bridgehead atoms. The van der Waals surface area contributed by atoms with Gasteiger partial charge in [-0.2, -0.15) is 0 Å². The predicted octanol–water partition coefficient (Wildman–Crippen LogP) is 5.75. The molecule has 2 heterocycles. The Hall–Kier alpha value is -0.740. The highest BCUT2D eigenvalue weighted by atomic mass is 35.5. The number of halogens is 3. The molecule has 1 aromatic carbocycles. The highest BCUT2D eigenvalue weighted by Crippen LogP contribution is 2.31. The van der Waals surface area contributed by atoms with E-state index >= 15 is 0 Å². The van der Waals surface area contributed by atoms with Crippen molar-refractivity contribution in [1.29, 1.82) is 0 Å². The second-order valence-electron chi connectivity index (χ2n) is 4.51. The SMILES string of the molecule is CC(Cl)c1nc2cc(Cl)c(Cl)cc2n1Cc1cccs1. The molecule has 0 spiro atoms. The molecule has 20 heavy (non-hydrogen) atoms. The number of benzene rings is 1. The van der Waals surface area contributed by atoms with E-state index in [1.165, 1.54) is 4.88 Å². The third-order valence-electron chi connectivity index (χ3n) is 3.07. The maximum absolute atomic E-state index is 6.25. The molecule has 0 aliphatic carbocycles. The summed E-state index contributed by atoms with van der Waals surface area (Å²) >= 11 is 20.1. The number of imidazole rings is 1. The summed E-state index contributed by atoms with van der Waals surface area (Å²) in [6.07, 6.45) is 0. The van der Waals surface area contributed by atoms with Crippen LogP contribution in [0, 0.1) is 0 Å². The first-order valence-electron chi connectivity index (χ1n) is 6.08. The van der Waals surface area contributed by atoms with Crippen molar-refractivity contribution in [3.05, 3.63) is 50.4 Å². The van der Waals surface area contributed by atoms with Gasteiger partial charge in [-0.3, -0.25) is 0 Å². The van der Waals surface area contributed by atoms with Crippen LogP contribution in [0.1, 0.15) is 23.0 Å². The van der Waals surface area contributed by atoms with Crippen LogP contribution in [-0.2, 0) is 6.54 Å². The minimum atomic E-state index is -0.181. The molecule has 104 valence electrons. The molecule has 0 radical (unpaired) electrons. The van der Waals surface area contributed by atoms with Crippen molar-refractivity contribution in [1.82, 2.24) is 9.55 Å². The Labute approximate surface area is 135 Å². The minimum absolute atomic E-state index is 0.181. The lowest BCUT2D eigenvalue weighted by molar-refractivity contribution is 0.750. The molecule has 0 saturated carbocycles. The van der Waals surface area contributed by atoms with Crippen LogP contribution in [0.5, 0.6) is 0 Å². The van der Waals surface area contributed by atoms with Crippen molar-refractivity contribution in [3.8, 4) is 0 Å². The lowest BCUT2D eigenvalue weighted by Gasteiger charge is -2.09. The summed E-state index contributed by atoms with van der Waals surface area (Å²) in [7, 11) is 0. The Balaban J connectivity index is 2.20. The number of hydrogen-bond donors (Lipinski definition) is 0. The molecular formula is C14H11Cl3N2S. The number of hydrogen-bond acceptors (Lipinski definition) is 2. The number of rotatable bonds is 3. The van der Waals surface area contributed by atoms with Gasteiger partial charge in [-0.1, -0.05) is 29.3 Å². The summed E-state index contributed by atoms with van der Waals surface area (Å²) in [6, 6.07) is 7.76. The number of thiophene rings is 1. The van der Waals surface area contributed by atoms with Gasteiger partial charge in [0, 0.05) is 4.88 Å². The first kappa shape index (κ1) is 14.2. The van der Waals surface area contributed by atoms with E-state index in [0.717, 1.165) is 23.4 Å². The summed E-state index contributed by atoms with van der Waals surface area (Å²) in [4.78, 5) is 5.83. The average molecular weight is 346 g/mol. The number of nitrogens with zero attached hydrogens (tertiary/aromatic N) is 2. The van der Waals surface area contributed by atoms with Crippen LogP contribution >= 0.6 is 46.1 Å². The molecule has 0 fully saturated rings. The first-order chi connectivity index (χ1) is 9.56. The largest absolute Gasteiger partial charge is 0.321 e. The lowest BCUT2D eigenvalue weighted by atomic mass is 10.3. The van der Waals surface area contributed by atoms with Gasteiger partial charge in [0.1, 0.15) is 5.82 Å². The van der Waals surface area contributed by atoms with Gasteiger partial charge in [-0.15, -0.1) is 22.9 Å². The van der Waals surface area contributed by atoms with E-state index in [1.54, 1.807) is 17.4 Å². The van der Waals surface area contributed by atoms with E-state index in [2.05, 4.69) is 21.0 Å². The van der Waals surface area contributed by atoms with E-state index in [-0.39, 0.29) is 5.38 Å². The summed E-state index contributed by atoms with van der Waals surface area (Å²) in [5, 5.41) is 2.91. The van der Waals surface area contributed by atoms with Gasteiger partial charge < -0.3 is 4.57 Å². The molecule has 3 aromatic rings. The zero-order chi connectivity index (χ0) is 14.3. The maximum Gasteiger partial charge on any atom is 0.128 e. The Kier molecular flexibility index (Phi) is 3.95. The maximum atomic E-state index is 6.25. The van der Waals surface area contributed by atoms with Crippen molar-refractivity contribution in [3.63, 3.8) is 0 Å². The van der Waals surface area contributed by atoms with E-state index in [1.807, 2.05) is 19.1 Å². The normalized spacial score (nSPS) is 13.0. The Morgan fingerprint density at radius 3 is 2.70 bits per heavy atom. The fraction of sp³-hybridized carbons (Fsp3) is 0.214. The standard InChI is InChI=1S/C14H11Cl3N2S/c1-8(15)14-18-12-5-10(16)11(17)6-13(12)19(14)7-9-3-2-4-20-9/h2-6,8H,7H2,1H3. The topological polar surface area (TPSA) is 17.8 Å². The fourth-order valence-electron chi connectivity index (χ4n) is 2.17. The second kappa shape index (κ2) is 5.57. The zero-order valence-electron chi connectivity index (χ0n) is 10.6. The van der Waals surface area contributed by atoms with Crippen molar-refractivity contribution in [2.24, 2.45) is 0 Å². The fourth-order valence-corrected chi connectivity index (χ4v) is 3.34. The number of alkyl halides is 1. The van der Waals surface area contributed by atoms with E-state index in [0.29, 0.717) is 10.0 Å². The van der Waals surface area contributed by atoms with Crippen molar-refractivity contribution in [2.45, 2.75) is 18.8 Å². The lowest BCUT2D eigenvalue weighted by Crippen LogP contribution is -2.04. The van der Waals surface area contributed by atoms with Crippen molar-refractivity contribution >= 4 is 57.2 Å². The van der Waals surface area contributed by atoms with Gasteiger partial charge in [0.25, 0.3) is 0 Å². The number of fused-ring (bicyclic) bond motifs is 1. The Bertz CT molecular complexity index is 747. The zero-order valence-corrected chi connectivity index (χ0v) is 13.7. The van der Waals surface area contributed by atoms with E-state index in [9.17, 15) is 0 Å². The molecule has 0 aliphatic rings. The smallest absolute Gasteiger partial charge is 0.128 e. The van der Waals surface area contributed by atoms with Crippen LogP contribution in [0.4, 0.5) is 0 Å². The molecule has 2 aromatic heterocycles. The minimum Gasteiger partial charge on any atom is -0.321 e. The first-order valence-corrected chi connectivity index (χ1v) is 8.15. The van der Waals surface area contributed by atoms with Crippen LogP contribution in [-0.4, -0.2) is 9.55 Å². The van der Waals surface area contributed by atoms with Crippen molar-refractivity contribution < 1.29 is 0 Å². The van der Waals surface area contributed by atoms with Crippen LogP contribution in [0.15, 0.2) is 29.6 Å². The molecule has 0 amide bonds. The Morgan fingerprint density at radius 2 is 2.05 bits per heavy atom. The van der Waals surface area contributed by atoms with Crippen molar-refractivity contribution in [2.75, 3.05) is 0 Å². The quantitative estimate of drug-likeness (QED) is 0.552. The van der Waals surface area contributed by atoms with Gasteiger partial charge >= 0.3 is 0 Å². The molecule has 1 unspecified atom stereocenters. The van der Waals surface area contributed by atoms with E-state index < -0.39 is 0 Å². The predicted molar refractivity (Wildman–Crippen MR) is 87.4 cm³/mol. The summed E-state index contributed by atoms with van der Waals surface area (Å²) < 4.78 is 2.10. The third-order valence-corrected chi connectivity index (χ3v) is 4.85. The molecule has 2 nitrogen and oxygen atoms in total. The van der Waals surface area contributed by atoms with Gasteiger partial charge in [0.05, 0.1) is 33.0 Å². The molecule has 0 N–H and O–H groups in total. The van der Waals surface area contributed by atoms with Gasteiger partial charge in [-0.05, 0) is 30.5 Å². The average Bonchev–Trinajstić information content (AvgIpc) is 3.00. The number of aromatic nitrogens is 2. The van der Waals surface area contributed by atoms with Crippen LogP contribution < -0.4 is 0 Å². The highest BCUT2D eigenvalue weighted by Gasteiger charge is 2.17. The van der Waals surface area contributed by atoms with Crippen LogP contribution in [0.2, 0.25) is 10.0 Å². The molecule has 0 aliphatic heterocycles. The Morgan fingerprint density at radius 1 is 1.30 bits per heavy atom. The van der Waals surface area contributed by atoms with Gasteiger partial charge in [-0.25, -0.2) is 4.98 Å². The second-order valence-corrected chi connectivity index (χ2v) is 7.01. The highest BCUT2D eigenvalue weighted by molar-refractivity contribution is 7.09. The summed E-state index contributed by atoms with van der Waals surface area (Å²) in [6.45, 7) is 2.65. The monoisotopic (exact) mass is 344 g/mol. The summed E-state index contributed by atoms with van der Waals surface area (Å²) in [5.41, 5.74) is 1.77. The molecule has 0 saturated heterocycles. The van der Waals surface area contributed by atoms with E-state index in [4.69, 9.17) is 34.8 Å². The third kappa shape index (κ3) is 2.56. The van der Waals surface area contributed by atoms with Crippen LogP contribution in [0.25, 0.3) is 11.0 Å². The summed E-state index contributed by atoms with van der Waals surface area (Å²) in [5.74, 6) is 0.827. The van der Waals surface area contributed by atoms with Gasteiger partial charge in [0.15, 0.2) is 0 Å². The van der Waals surface area contributed by atoms with Crippen LogP contribution in [0.3, 0.4) is 0 Å². The molecule has 6 heteroatoms. The van der Waals surface area contributed by atoms with Gasteiger partial charge in [0.2, 0.25) is 0 Å². The molecular weight excluding hydrogens is 335 g/mol. The molecule has 3 rings (SSSR count).